The first kappa shape index (κ1) is 19.7. The standard InChI is InChI=1S/C23H30N4O3/c28-22-2-1-10-26(22)15-21-7-8-23(30-21)16-25(12-13-29-17-23)14-19-3-5-20(6-4-19)27-11-9-24-18-27/h3-6,9,11,18,21H,1-2,7-8,10,12-17H2/t21-,23+/m0/s1. The van der Waals surface area contributed by atoms with E-state index in [1.807, 2.05) is 22.0 Å². The summed E-state index contributed by atoms with van der Waals surface area (Å²) in [5, 5.41) is 0. The second kappa shape index (κ2) is 8.49. The fourth-order valence-corrected chi connectivity index (χ4v) is 4.95. The molecule has 30 heavy (non-hydrogen) atoms. The van der Waals surface area contributed by atoms with Gasteiger partial charge >= 0.3 is 0 Å². The molecule has 3 aliphatic rings. The summed E-state index contributed by atoms with van der Waals surface area (Å²) in [6.07, 6.45) is 9.35. The minimum atomic E-state index is -0.249. The maximum absolute atomic E-state index is 12.0. The maximum atomic E-state index is 12.0. The van der Waals surface area contributed by atoms with Crippen molar-refractivity contribution in [2.75, 3.05) is 39.4 Å². The summed E-state index contributed by atoms with van der Waals surface area (Å²) in [7, 11) is 0. The van der Waals surface area contributed by atoms with E-state index in [9.17, 15) is 4.79 Å². The van der Waals surface area contributed by atoms with E-state index in [0.717, 1.165) is 64.3 Å². The van der Waals surface area contributed by atoms with E-state index in [4.69, 9.17) is 9.47 Å². The largest absolute Gasteiger partial charge is 0.377 e. The van der Waals surface area contributed by atoms with Gasteiger partial charge in [-0.05, 0) is 37.0 Å². The number of nitrogens with zero attached hydrogens (tertiary/aromatic N) is 4. The van der Waals surface area contributed by atoms with Gasteiger partial charge in [-0.1, -0.05) is 12.1 Å². The number of aromatic nitrogens is 2. The van der Waals surface area contributed by atoms with Crippen molar-refractivity contribution < 1.29 is 14.3 Å². The molecule has 2 atom stereocenters. The van der Waals surface area contributed by atoms with Crippen molar-refractivity contribution in [1.29, 1.82) is 0 Å². The van der Waals surface area contributed by atoms with Crippen LogP contribution in [0.4, 0.5) is 0 Å². The lowest BCUT2D eigenvalue weighted by atomic mass is 9.99. The third kappa shape index (κ3) is 4.29. The van der Waals surface area contributed by atoms with E-state index < -0.39 is 0 Å². The highest BCUT2D eigenvalue weighted by Crippen LogP contribution is 2.34. The van der Waals surface area contributed by atoms with Gasteiger partial charge in [-0.2, -0.15) is 0 Å². The van der Waals surface area contributed by atoms with Gasteiger partial charge < -0.3 is 18.9 Å². The van der Waals surface area contributed by atoms with E-state index in [0.29, 0.717) is 13.0 Å². The monoisotopic (exact) mass is 410 g/mol. The second-order valence-corrected chi connectivity index (χ2v) is 8.80. The van der Waals surface area contributed by atoms with E-state index in [1.54, 1.807) is 6.20 Å². The molecule has 2 aromatic rings. The summed E-state index contributed by atoms with van der Waals surface area (Å²) in [5.74, 6) is 0.275. The minimum Gasteiger partial charge on any atom is -0.377 e. The van der Waals surface area contributed by atoms with Crippen molar-refractivity contribution in [2.45, 2.75) is 43.9 Å². The van der Waals surface area contributed by atoms with Crippen molar-refractivity contribution in [3.8, 4) is 5.69 Å². The average Bonchev–Trinajstić information content (AvgIpc) is 3.47. The van der Waals surface area contributed by atoms with Crippen molar-refractivity contribution in [3.63, 3.8) is 0 Å². The molecule has 3 fully saturated rings. The Labute approximate surface area is 177 Å². The fourth-order valence-electron chi connectivity index (χ4n) is 4.95. The lowest BCUT2D eigenvalue weighted by Gasteiger charge is -2.32. The third-order valence-electron chi connectivity index (χ3n) is 6.51. The van der Waals surface area contributed by atoms with Crippen LogP contribution in [-0.4, -0.2) is 76.4 Å². The fraction of sp³-hybridized carbons (Fsp3) is 0.565. The zero-order valence-corrected chi connectivity index (χ0v) is 17.4. The molecule has 1 amide bonds. The first-order valence-corrected chi connectivity index (χ1v) is 11.0. The van der Waals surface area contributed by atoms with Crippen LogP contribution in [0.15, 0.2) is 43.0 Å². The zero-order valence-electron chi connectivity index (χ0n) is 17.4. The molecular weight excluding hydrogens is 380 g/mol. The Bertz CT molecular complexity index is 854. The van der Waals surface area contributed by atoms with Crippen LogP contribution in [0.5, 0.6) is 0 Å². The molecule has 0 unspecified atom stereocenters. The van der Waals surface area contributed by atoms with Crippen LogP contribution >= 0.6 is 0 Å². The molecule has 1 aromatic heterocycles. The summed E-state index contributed by atoms with van der Waals surface area (Å²) in [5.41, 5.74) is 2.15. The Kier molecular flexibility index (Phi) is 5.58. The van der Waals surface area contributed by atoms with E-state index in [2.05, 4.69) is 34.1 Å². The average molecular weight is 411 g/mol. The predicted octanol–water partition coefficient (Wildman–Crippen LogP) is 2.24. The van der Waals surface area contributed by atoms with Crippen LogP contribution in [0.2, 0.25) is 0 Å². The first-order valence-electron chi connectivity index (χ1n) is 11.0. The quantitative estimate of drug-likeness (QED) is 0.757. The van der Waals surface area contributed by atoms with E-state index in [-0.39, 0.29) is 17.6 Å². The van der Waals surface area contributed by atoms with Gasteiger partial charge in [-0.3, -0.25) is 9.69 Å². The van der Waals surface area contributed by atoms with E-state index in [1.165, 1.54) is 5.56 Å². The van der Waals surface area contributed by atoms with Gasteiger partial charge in [-0.25, -0.2) is 4.98 Å². The SMILES string of the molecule is O=C1CCCN1C[C@@H]1CC[C@@]2(COCCN(Cc3ccc(-n4ccnc4)cc3)C2)O1. The molecule has 5 rings (SSSR count). The van der Waals surface area contributed by atoms with Gasteiger partial charge in [0.1, 0.15) is 5.60 Å². The highest BCUT2D eigenvalue weighted by molar-refractivity contribution is 5.78. The second-order valence-electron chi connectivity index (χ2n) is 8.80. The highest BCUT2D eigenvalue weighted by atomic mass is 16.6. The van der Waals surface area contributed by atoms with Gasteiger partial charge in [0.15, 0.2) is 0 Å². The van der Waals surface area contributed by atoms with Gasteiger partial charge in [0.25, 0.3) is 0 Å². The Hall–Kier alpha value is -2.22. The molecule has 7 heteroatoms. The van der Waals surface area contributed by atoms with Gasteiger partial charge in [-0.15, -0.1) is 0 Å². The van der Waals surface area contributed by atoms with Crippen LogP contribution in [-0.2, 0) is 20.8 Å². The highest BCUT2D eigenvalue weighted by Gasteiger charge is 2.43. The normalized spacial score (nSPS) is 27.8. The molecule has 0 N–H and O–H groups in total. The summed E-state index contributed by atoms with van der Waals surface area (Å²) in [6.45, 7) is 5.65. The van der Waals surface area contributed by atoms with Crippen molar-refractivity contribution >= 4 is 5.91 Å². The molecule has 0 bridgehead atoms. The molecule has 4 heterocycles. The molecule has 3 saturated heterocycles. The van der Waals surface area contributed by atoms with Gasteiger partial charge in [0.05, 0.1) is 25.6 Å². The topological polar surface area (TPSA) is 59.8 Å². The molecule has 0 radical (unpaired) electrons. The lowest BCUT2D eigenvalue weighted by Crippen LogP contribution is -2.45. The summed E-state index contributed by atoms with van der Waals surface area (Å²) >= 11 is 0. The molecule has 3 aliphatic heterocycles. The Morgan fingerprint density at radius 3 is 2.87 bits per heavy atom. The van der Waals surface area contributed by atoms with Gasteiger partial charge in [0, 0.05) is 57.2 Å². The van der Waals surface area contributed by atoms with Crippen LogP contribution in [0, 0.1) is 0 Å². The molecular formula is C23H30N4O3. The lowest BCUT2D eigenvalue weighted by molar-refractivity contribution is -0.132. The summed E-state index contributed by atoms with van der Waals surface area (Å²) in [4.78, 5) is 20.5. The number of carbonyl (C=O) groups is 1. The molecule has 160 valence electrons. The number of hydrogen-bond acceptors (Lipinski definition) is 5. The number of ether oxygens (including phenoxy) is 2. The van der Waals surface area contributed by atoms with Gasteiger partial charge in [0.2, 0.25) is 5.91 Å². The zero-order chi connectivity index (χ0) is 20.4. The molecule has 7 nitrogen and oxygen atoms in total. The molecule has 0 aliphatic carbocycles. The number of amides is 1. The van der Waals surface area contributed by atoms with Crippen LogP contribution < -0.4 is 0 Å². The minimum absolute atomic E-state index is 0.130. The molecule has 1 spiro atoms. The van der Waals surface area contributed by atoms with Crippen molar-refractivity contribution in [2.24, 2.45) is 0 Å². The van der Waals surface area contributed by atoms with Crippen LogP contribution in [0.3, 0.4) is 0 Å². The maximum Gasteiger partial charge on any atom is 0.222 e. The number of benzene rings is 1. The number of hydrogen-bond donors (Lipinski definition) is 0. The third-order valence-corrected chi connectivity index (χ3v) is 6.51. The van der Waals surface area contributed by atoms with Crippen LogP contribution in [0.25, 0.3) is 5.69 Å². The van der Waals surface area contributed by atoms with Crippen molar-refractivity contribution in [3.05, 3.63) is 48.5 Å². The Morgan fingerprint density at radius 1 is 1.20 bits per heavy atom. The van der Waals surface area contributed by atoms with E-state index >= 15 is 0 Å². The number of likely N-dealkylation sites (tertiary alicyclic amines) is 1. The molecule has 1 aromatic carbocycles. The Morgan fingerprint density at radius 2 is 2.10 bits per heavy atom. The predicted molar refractivity (Wildman–Crippen MR) is 112 cm³/mol. The number of rotatable bonds is 5. The van der Waals surface area contributed by atoms with Crippen LogP contribution in [0.1, 0.15) is 31.2 Å². The summed E-state index contributed by atoms with van der Waals surface area (Å²) in [6, 6.07) is 8.64. The van der Waals surface area contributed by atoms with Crippen molar-refractivity contribution in [1.82, 2.24) is 19.4 Å². The molecule has 0 saturated carbocycles. The smallest absolute Gasteiger partial charge is 0.222 e. The summed E-state index contributed by atoms with van der Waals surface area (Å²) < 4.78 is 14.5. The first-order chi connectivity index (χ1) is 14.7. The number of imidazole rings is 1. The Balaban J connectivity index is 1.21. The number of carbonyl (C=O) groups excluding carboxylic acids is 1.